The lowest BCUT2D eigenvalue weighted by Crippen LogP contribution is -2.13. The molecule has 1 heterocycles. The van der Waals surface area contributed by atoms with Crippen LogP contribution in [0.5, 0.6) is 0 Å². The number of halogens is 2. The summed E-state index contributed by atoms with van der Waals surface area (Å²) in [7, 11) is 1.83. The Kier molecular flexibility index (Phi) is 3.72. The number of benzene rings is 1. The molecule has 0 radical (unpaired) electrons. The molecule has 0 aliphatic heterocycles. The molecular weight excluding hydrogens is 236 g/mol. The van der Waals surface area contributed by atoms with Crippen molar-refractivity contribution in [2.24, 2.45) is 0 Å². The number of aromatic nitrogens is 2. The van der Waals surface area contributed by atoms with E-state index in [1.165, 1.54) is 6.07 Å². The van der Waals surface area contributed by atoms with Gasteiger partial charge < -0.3 is 9.88 Å². The van der Waals surface area contributed by atoms with E-state index in [1.807, 2.05) is 18.5 Å². The van der Waals surface area contributed by atoms with Crippen molar-refractivity contribution >= 4 is 0 Å². The lowest BCUT2D eigenvalue weighted by atomic mass is 10.2. The first-order chi connectivity index (χ1) is 8.61. The van der Waals surface area contributed by atoms with Crippen LogP contribution in [0, 0.1) is 18.6 Å². The second-order valence-corrected chi connectivity index (χ2v) is 4.15. The van der Waals surface area contributed by atoms with Crippen molar-refractivity contribution in [2.75, 3.05) is 7.05 Å². The maximum atomic E-state index is 13.6. The number of nitrogens with zero attached hydrogens (tertiary/aromatic N) is 2. The van der Waals surface area contributed by atoms with Gasteiger partial charge in [0.15, 0.2) is 0 Å². The maximum Gasteiger partial charge on any atom is 0.128 e. The second kappa shape index (κ2) is 5.27. The van der Waals surface area contributed by atoms with Gasteiger partial charge >= 0.3 is 0 Å². The molecule has 18 heavy (non-hydrogen) atoms. The zero-order chi connectivity index (χ0) is 13.1. The third-order valence-corrected chi connectivity index (χ3v) is 2.83. The third-order valence-electron chi connectivity index (χ3n) is 2.83. The Labute approximate surface area is 104 Å². The summed E-state index contributed by atoms with van der Waals surface area (Å²) >= 11 is 0. The quantitative estimate of drug-likeness (QED) is 0.903. The van der Waals surface area contributed by atoms with Crippen LogP contribution in [0.3, 0.4) is 0 Å². The van der Waals surface area contributed by atoms with Gasteiger partial charge in [-0.2, -0.15) is 0 Å². The Morgan fingerprint density at radius 1 is 1.33 bits per heavy atom. The molecule has 3 nitrogen and oxygen atoms in total. The molecule has 1 aromatic carbocycles. The molecular formula is C13H15F2N3. The lowest BCUT2D eigenvalue weighted by Gasteiger charge is -2.11. The third kappa shape index (κ3) is 2.56. The average molecular weight is 251 g/mol. The molecule has 0 bridgehead atoms. The summed E-state index contributed by atoms with van der Waals surface area (Å²) in [6, 6.07) is 3.49. The van der Waals surface area contributed by atoms with Crippen LogP contribution in [-0.4, -0.2) is 16.6 Å². The fourth-order valence-electron chi connectivity index (χ4n) is 1.89. The molecule has 0 amide bonds. The Morgan fingerprint density at radius 2 is 2.11 bits per heavy atom. The van der Waals surface area contributed by atoms with Crippen molar-refractivity contribution in [1.82, 2.24) is 14.9 Å². The lowest BCUT2D eigenvalue weighted by molar-refractivity contribution is 0.569. The van der Waals surface area contributed by atoms with E-state index in [-0.39, 0.29) is 6.54 Å². The SMILES string of the molecule is CNCc1cnc(C)n1Cc1cc(F)ccc1F. The van der Waals surface area contributed by atoms with Crippen LogP contribution in [0.25, 0.3) is 0 Å². The molecule has 2 aromatic rings. The molecule has 0 aliphatic rings. The van der Waals surface area contributed by atoms with Crippen LogP contribution < -0.4 is 5.32 Å². The van der Waals surface area contributed by atoms with Gasteiger partial charge in [-0.15, -0.1) is 0 Å². The summed E-state index contributed by atoms with van der Waals surface area (Å²) < 4.78 is 28.6. The molecule has 1 N–H and O–H groups in total. The van der Waals surface area contributed by atoms with E-state index in [2.05, 4.69) is 10.3 Å². The highest BCUT2D eigenvalue weighted by Gasteiger charge is 2.10. The van der Waals surface area contributed by atoms with Crippen molar-refractivity contribution in [3.8, 4) is 0 Å². The molecule has 0 saturated carbocycles. The summed E-state index contributed by atoms with van der Waals surface area (Å²) in [6.07, 6.45) is 1.74. The van der Waals surface area contributed by atoms with Gasteiger partial charge in [-0.1, -0.05) is 0 Å². The van der Waals surface area contributed by atoms with Crippen LogP contribution in [0.2, 0.25) is 0 Å². The number of nitrogens with one attached hydrogen (secondary N) is 1. The standard InChI is InChI=1S/C13H15F2N3/c1-9-17-7-12(6-16-2)18(9)8-10-5-11(14)3-4-13(10)15/h3-5,7,16H,6,8H2,1-2H3. The van der Waals surface area contributed by atoms with Gasteiger partial charge in [0.2, 0.25) is 0 Å². The largest absolute Gasteiger partial charge is 0.326 e. The zero-order valence-corrected chi connectivity index (χ0v) is 10.4. The number of rotatable bonds is 4. The van der Waals surface area contributed by atoms with Crippen LogP contribution >= 0.6 is 0 Å². The van der Waals surface area contributed by atoms with Crippen molar-refractivity contribution in [3.05, 3.63) is 53.1 Å². The van der Waals surface area contributed by atoms with E-state index < -0.39 is 11.6 Å². The first-order valence-corrected chi connectivity index (χ1v) is 5.71. The summed E-state index contributed by atoms with van der Waals surface area (Å²) in [5, 5.41) is 3.02. The van der Waals surface area contributed by atoms with E-state index in [4.69, 9.17) is 0 Å². The smallest absolute Gasteiger partial charge is 0.128 e. The average Bonchev–Trinajstić information content (AvgIpc) is 2.67. The second-order valence-electron chi connectivity index (χ2n) is 4.15. The predicted molar refractivity (Wildman–Crippen MR) is 65.2 cm³/mol. The number of hydrogen-bond donors (Lipinski definition) is 1. The highest BCUT2D eigenvalue weighted by molar-refractivity contribution is 5.20. The minimum Gasteiger partial charge on any atom is -0.326 e. The van der Waals surface area contributed by atoms with Gasteiger partial charge in [-0.3, -0.25) is 0 Å². The Bertz CT molecular complexity index is 549. The molecule has 1 aromatic heterocycles. The molecule has 0 saturated heterocycles. The zero-order valence-electron chi connectivity index (χ0n) is 10.4. The Morgan fingerprint density at radius 3 is 2.83 bits per heavy atom. The Hall–Kier alpha value is -1.75. The van der Waals surface area contributed by atoms with E-state index in [0.717, 1.165) is 23.7 Å². The van der Waals surface area contributed by atoms with Crippen molar-refractivity contribution < 1.29 is 8.78 Å². The first kappa shape index (κ1) is 12.7. The van der Waals surface area contributed by atoms with Crippen molar-refractivity contribution in [1.29, 1.82) is 0 Å². The van der Waals surface area contributed by atoms with E-state index >= 15 is 0 Å². The fraction of sp³-hybridized carbons (Fsp3) is 0.308. The highest BCUT2D eigenvalue weighted by atomic mass is 19.1. The van der Waals surface area contributed by atoms with Crippen molar-refractivity contribution in [3.63, 3.8) is 0 Å². The minimum atomic E-state index is -0.431. The van der Waals surface area contributed by atoms with Crippen molar-refractivity contribution in [2.45, 2.75) is 20.0 Å². The molecule has 5 heteroatoms. The molecule has 0 atom stereocenters. The summed E-state index contributed by atoms with van der Waals surface area (Å²) in [4.78, 5) is 4.19. The highest BCUT2D eigenvalue weighted by Crippen LogP contribution is 2.14. The van der Waals surface area contributed by atoms with Crippen LogP contribution in [0.1, 0.15) is 17.1 Å². The van der Waals surface area contributed by atoms with Crippen LogP contribution in [0.4, 0.5) is 8.78 Å². The van der Waals surface area contributed by atoms with Gasteiger partial charge in [0, 0.05) is 18.3 Å². The van der Waals surface area contributed by atoms with Gasteiger partial charge in [0.1, 0.15) is 17.5 Å². The van der Waals surface area contributed by atoms with Crippen LogP contribution in [0.15, 0.2) is 24.4 Å². The number of aryl methyl sites for hydroxylation is 1. The van der Waals surface area contributed by atoms with Gasteiger partial charge in [-0.05, 0) is 32.2 Å². The summed E-state index contributed by atoms with van der Waals surface area (Å²) in [5.41, 5.74) is 1.27. The summed E-state index contributed by atoms with van der Waals surface area (Å²) in [6.45, 7) is 2.76. The molecule has 0 spiro atoms. The Balaban J connectivity index is 2.33. The van der Waals surface area contributed by atoms with Gasteiger partial charge in [-0.25, -0.2) is 13.8 Å². The number of imidazole rings is 1. The molecule has 0 unspecified atom stereocenters. The predicted octanol–water partition coefficient (Wildman–Crippen LogP) is 2.24. The molecule has 0 fully saturated rings. The van der Waals surface area contributed by atoms with E-state index in [9.17, 15) is 8.78 Å². The minimum absolute atomic E-state index is 0.284. The van der Waals surface area contributed by atoms with E-state index in [0.29, 0.717) is 12.1 Å². The molecule has 0 aliphatic carbocycles. The first-order valence-electron chi connectivity index (χ1n) is 5.71. The maximum absolute atomic E-state index is 13.6. The topological polar surface area (TPSA) is 29.9 Å². The van der Waals surface area contributed by atoms with Gasteiger partial charge in [0.05, 0.1) is 12.2 Å². The summed E-state index contributed by atoms with van der Waals surface area (Å²) in [5.74, 6) is -0.0526. The number of hydrogen-bond acceptors (Lipinski definition) is 2. The normalized spacial score (nSPS) is 10.9. The monoisotopic (exact) mass is 251 g/mol. The fourth-order valence-corrected chi connectivity index (χ4v) is 1.89. The van der Waals surface area contributed by atoms with Crippen LogP contribution in [-0.2, 0) is 13.1 Å². The van der Waals surface area contributed by atoms with E-state index in [1.54, 1.807) is 6.20 Å². The molecule has 96 valence electrons. The van der Waals surface area contributed by atoms with Gasteiger partial charge in [0.25, 0.3) is 0 Å². The molecule has 2 rings (SSSR count).